The van der Waals surface area contributed by atoms with Crippen molar-refractivity contribution < 1.29 is 17.9 Å². The van der Waals surface area contributed by atoms with Crippen LogP contribution < -0.4 is 4.74 Å². The van der Waals surface area contributed by atoms with Gasteiger partial charge in [-0.2, -0.15) is 13.2 Å². The molecular formula is C9H8BrF3O. The summed E-state index contributed by atoms with van der Waals surface area (Å²) < 4.78 is 41.0. The Balaban J connectivity index is 2.42. The standard InChI is InChI=1S/C9H8BrF3O/c10-8(9(11,12)13)6-14-7-4-2-1-3-5-7/h1-5,8H,6H2. The van der Waals surface area contributed by atoms with Gasteiger partial charge < -0.3 is 4.74 Å². The minimum absolute atomic E-state index is 0.423. The van der Waals surface area contributed by atoms with Gasteiger partial charge in [0.15, 0.2) is 0 Å². The molecule has 0 heterocycles. The maximum atomic E-state index is 12.0. The van der Waals surface area contributed by atoms with E-state index in [1.807, 2.05) is 0 Å². The highest BCUT2D eigenvalue weighted by Gasteiger charge is 2.38. The summed E-state index contributed by atoms with van der Waals surface area (Å²) in [7, 11) is 0. The molecule has 1 atom stereocenters. The van der Waals surface area contributed by atoms with E-state index in [4.69, 9.17) is 4.74 Å². The second-order valence-electron chi connectivity index (χ2n) is 2.63. The van der Waals surface area contributed by atoms with Crippen LogP contribution >= 0.6 is 15.9 Å². The molecule has 0 amide bonds. The highest BCUT2D eigenvalue weighted by Crippen LogP contribution is 2.26. The van der Waals surface area contributed by atoms with Crippen LogP contribution in [0.5, 0.6) is 5.75 Å². The van der Waals surface area contributed by atoms with Crippen LogP contribution in [0.2, 0.25) is 0 Å². The Morgan fingerprint density at radius 1 is 1.21 bits per heavy atom. The first-order chi connectivity index (χ1) is 6.50. The van der Waals surface area contributed by atoms with Crippen molar-refractivity contribution in [3.63, 3.8) is 0 Å². The zero-order valence-corrected chi connectivity index (χ0v) is 8.68. The lowest BCUT2D eigenvalue weighted by molar-refractivity contribution is -0.132. The van der Waals surface area contributed by atoms with Crippen LogP contribution in [0.15, 0.2) is 30.3 Å². The van der Waals surface area contributed by atoms with Gasteiger partial charge in [-0.05, 0) is 12.1 Å². The molecule has 0 spiro atoms. The molecule has 1 nitrogen and oxygen atoms in total. The molecule has 0 aliphatic heterocycles. The topological polar surface area (TPSA) is 9.23 Å². The largest absolute Gasteiger partial charge is 0.492 e. The summed E-state index contributed by atoms with van der Waals surface area (Å²) in [4.78, 5) is -1.63. The van der Waals surface area contributed by atoms with E-state index in [-0.39, 0.29) is 0 Å². The summed E-state index contributed by atoms with van der Waals surface area (Å²) in [5.74, 6) is 0.432. The van der Waals surface area contributed by atoms with Crippen molar-refractivity contribution in [3.8, 4) is 5.75 Å². The summed E-state index contributed by atoms with van der Waals surface area (Å²) in [6, 6.07) is 8.38. The fourth-order valence-corrected chi connectivity index (χ4v) is 0.913. The summed E-state index contributed by atoms with van der Waals surface area (Å²) >= 11 is 2.51. The molecule has 0 fully saturated rings. The van der Waals surface area contributed by atoms with E-state index in [0.29, 0.717) is 5.75 Å². The number of halogens is 4. The van der Waals surface area contributed by atoms with E-state index in [2.05, 4.69) is 15.9 Å². The van der Waals surface area contributed by atoms with Crippen LogP contribution in [-0.2, 0) is 0 Å². The summed E-state index contributed by atoms with van der Waals surface area (Å²) in [5, 5.41) is 0. The molecule has 0 radical (unpaired) electrons. The van der Waals surface area contributed by atoms with Crippen LogP contribution in [0.25, 0.3) is 0 Å². The zero-order chi connectivity index (χ0) is 10.6. The van der Waals surface area contributed by atoms with Gasteiger partial charge in [-0.25, -0.2) is 0 Å². The number of hydrogen-bond donors (Lipinski definition) is 0. The molecule has 0 saturated heterocycles. The Bertz CT molecular complexity index is 273. The van der Waals surface area contributed by atoms with Crippen molar-refractivity contribution in [2.45, 2.75) is 11.0 Å². The van der Waals surface area contributed by atoms with Crippen LogP contribution in [0, 0.1) is 0 Å². The number of rotatable bonds is 3. The maximum Gasteiger partial charge on any atom is 0.404 e. The van der Waals surface area contributed by atoms with E-state index in [1.165, 1.54) is 0 Å². The number of ether oxygens (including phenoxy) is 1. The molecule has 1 aromatic rings. The van der Waals surface area contributed by atoms with Crippen LogP contribution in [0.1, 0.15) is 0 Å². The van der Waals surface area contributed by atoms with Crippen molar-refractivity contribution in [2.75, 3.05) is 6.61 Å². The SMILES string of the molecule is FC(F)(F)C(Br)COc1ccccc1. The highest BCUT2D eigenvalue weighted by molar-refractivity contribution is 9.09. The molecule has 1 rings (SSSR count). The minimum atomic E-state index is -4.27. The molecule has 1 unspecified atom stereocenters. The lowest BCUT2D eigenvalue weighted by Gasteiger charge is -2.14. The second kappa shape index (κ2) is 4.68. The van der Waals surface area contributed by atoms with Crippen molar-refractivity contribution >= 4 is 15.9 Å². The van der Waals surface area contributed by atoms with E-state index < -0.39 is 17.6 Å². The molecule has 14 heavy (non-hydrogen) atoms. The zero-order valence-electron chi connectivity index (χ0n) is 7.09. The van der Waals surface area contributed by atoms with Gasteiger partial charge in [-0.3, -0.25) is 0 Å². The Morgan fingerprint density at radius 2 is 1.79 bits per heavy atom. The first kappa shape index (κ1) is 11.4. The molecule has 0 bridgehead atoms. The number of para-hydroxylation sites is 1. The van der Waals surface area contributed by atoms with Crippen molar-refractivity contribution in [1.29, 1.82) is 0 Å². The number of alkyl halides is 4. The van der Waals surface area contributed by atoms with Gasteiger partial charge in [-0.15, -0.1) is 0 Å². The lowest BCUT2D eigenvalue weighted by Crippen LogP contribution is -2.28. The van der Waals surface area contributed by atoms with Gasteiger partial charge in [-0.1, -0.05) is 34.1 Å². The van der Waals surface area contributed by atoms with Gasteiger partial charge in [0.25, 0.3) is 0 Å². The molecule has 0 aliphatic carbocycles. The highest BCUT2D eigenvalue weighted by atomic mass is 79.9. The third-order valence-electron chi connectivity index (χ3n) is 1.49. The Hall–Kier alpha value is -0.710. The average Bonchev–Trinajstić information content (AvgIpc) is 2.14. The van der Waals surface area contributed by atoms with Crippen LogP contribution in [0.3, 0.4) is 0 Å². The molecule has 1 aromatic carbocycles. The predicted octanol–water partition coefficient (Wildman–Crippen LogP) is 3.39. The third kappa shape index (κ3) is 3.57. The van der Waals surface area contributed by atoms with E-state index in [9.17, 15) is 13.2 Å². The lowest BCUT2D eigenvalue weighted by atomic mass is 10.3. The number of hydrogen-bond acceptors (Lipinski definition) is 1. The Morgan fingerprint density at radius 3 is 2.29 bits per heavy atom. The summed E-state index contributed by atoms with van der Waals surface area (Å²) in [6.45, 7) is -0.423. The Labute approximate surface area is 88.0 Å². The van der Waals surface area contributed by atoms with E-state index in [0.717, 1.165) is 0 Å². The maximum absolute atomic E-state index is 12.0. The fraction of sp³-hybridized carbons (Fsp3) is 0.333. The van der Waals surface area contributed by atoms with Crippen molar-refractivity contribution in [1.82, 2.24) is 0 Å². The quantitative estimate of drug-likeness (QED) is 0.764. The normalized spacial score (nSPS) is 13.7. The third-order valence-corrected chi connectivity index (χ3v) is 2.28. The molecule has 0 N–H and O–H groups in total. The predicted molar refractivity (Wildman–Crippen MR) is 50.7 cm³/mol. The molecule has 78 valence electrons. The first-order valence-electron chi connectivity index (χ1n) is 3.89. The van der Waals surface area contributed by atoms with Crippen molar-refractivity contribution in [3.05, 3.63) is 30.3 Å². The van der Waals surface area contributed by atoms with Gasteiger partial charge >= 0.3 is 6.18 Å². The van der Waals surface area contributed by atoms with Crippen molar-refractivity contribution in [2.24, 2.45) is 0 Å². The van der Waals surface area contributed by atoms with Crippen LogP contribution in [-0.4, -0.2) is 17.6 Å². The molecule has 5 heteroatoms. The molecule has 0 aliphatic rings. The average molecular weight is 269 g/mol. The van der Waals surface area contributed by atoms with E-state index >= 15 is 0 Å². The smallest absolute Gasteiger partial charge is 0.404 e. The number of benzene rings is 1. The fourth-order valence-electron chi connectivity index (χ4n) is 0.781. The van der Waals surface area contributed by atoms with Gasteiger partial charge in [0.1, 0.15) is 17.2 Å². The monoisotopic (exact) mass is 268 g/mol. The molecule has 0 saturated carbocycles. The summed E-state index contributed by atoms with van der Waals surface area (Å²) in [5.41, 5.74) is 0. The summed E-state index contributed by atoms with van der Waals surface area (Å²) in [6.07, 6.45) is -4.27. The first-order valence-corrected chi connectivity index (χ1v) is 4.80. The molecule has 0 aromatic heterocycles. The minimum Gasteiger partial charge on any atom is -0.492 e. The van der Waals surface area contributed by atoms with Gasteiger partial charge in [0.05, 0.1) is 0 Å². The second-order valence-corrected chi connectivity index (χ2v) is 3.74. The van der Waals surface area contributed by atoms with E-state index in [1.54, 1.807) is 30.3 Å². The molecular weight excluding hydrogens is 261 g/mol. The van der Waals surface area contributed by atoms with Gasteiger partial charge in [0, 0.05) is 0 Å². The van der Waals surface area contributed by atoms with Gasteiger partial charge in [0.2, 0.25) is 0 Å². The van der Waals surface area contributed by atoms with Crippen LogP contribution in [0.4, 0.5) is 13.2 Å². The Kier molecular flexibility index (Phi) is 3.80.